The van der Waals surface area contributed by atoms with Gasteiger partial charge < -0.3 is 0 Å². The first kappa shape index (κ1) is 5.44. The minimum absolute atomic E-state index is 1.45. The van der Waals surface area contributed by atoms with Gasteiger partial charge in [-0.3, -0.25) is 0 Å². The van der Waals surface area contributed by atoms with E-state index in [1.165, 1.54) is 11.6 Å². The minimum atomic E-state index is -2.75. The van der Waals surface area contributed by atoms with Crippen molar-refractivity contribution in [2.24, 2.45) is 0 Å². The maximum absolute atomic E-state index is 8.23. The van der Waals surface area contributed by atoms with Crippen LogP contribution in [0.1, 0.15) is 0 Å². The van der Waals surface area contributed by atoms with Gasteiger partial charge in [-0.1, -0.05) is 0 Å². The summed E-state index contributed by atoms with van der Waals surface area (Å²) < 4.78 is 16.5. The second-order valence-corrected chi connectivity index (χ2v) is 6.34. The molecule has 0 unspecified atom stereocenters. The van der Waals surface area contributed by atoms with Crippen molar-refractivity contribution in [3.05, 3.63) is 0 Å². The van der Waals surface area contributed by atoms with Crippen molar-refractivity contribution in [3.63, 3.8) is 0 Å². The molecule has 34 valence electrons. The first-order valence-corrected chi connectivity index (χ1v) is 6.14. The van der Waals surface area contributed by atoms with E-state index in [1.54, 1.807) is 0 Å². The molecule has 0 atom stereocenters. The van der Waals surface area contributed by atoms with Crippen molar-refractivity contribution in [1.29, 1.82) is 0 Å². The van der Waals surface area contributed by atoms with Gasteiger partial charge in [-0.05, 0) is 0 Å². The normalized spacial score (nSPS) is 15.2. The Labute approximate surface area is 34.3 Å². The van der Waals surface area contributed by atoms with E-state index in [4.69, 9.17) is 8.38 Å². The molecule has 0 aliphatic carbocycles. The van der Waals surface area contributed by atoms with Crippen molar-refractivity contribution in [2.45, 2.75) is 11.6 Å². The molecule has 0 aromatic heterocycles. The third kappa shape index (κ3) is 137. The molecule has 2 N–H and O–H groups in total. The molecule has 2 nitrogen and oxygen atoms in total. The Hall–Kier alpha value is 0.439. The Kier molecular flexibility index (Phi) is 1.38. The van der Waals surface area contributed by atoms with Gasteiger partial charge in [0.25, 0.3) is 0 Å². The van der Waals surface area contributed by atoms with Crippen LogP contribution in [0.15, 0.2) is 0 Å². The van der Waals surface area contributed by atoms with Crippen LogP contribution in [0.25, 0.3) is 0 Å². The van der Waals surface area contributed by atoms with Crippen molar-refractivity contribution >= 4 is 13.5 Å². The standard InChI is InChI=1S/C2H8O2Se/c1-5(2,3)4/h3-4H,1-2H3. The van der Waals surface area contributed by atoms with Crippen LogP contribution in [0.5, 0.6) is 0 Å². The Balaban J connectivity index is 3.02. The van der Waals surface area contributed by atoms with Gasteiger partial charge in [0.2, 0.25) is 0 Å². The first-order chi connectivity index (χ1) is 2.00. The molecular weight excluding hydrogens is 135 g/mol. The van der Waals surface area contributed by atoms with Gasteiger partial charge in [-0.2, -0.15) is 0 Å². The predicted octanol–water partition coefficient (Wildman–Crippen LogP) is -0.327. The van der Waals surface area contributed by atoms with E-state index in [0.29, 0.717) is 0 Å². The van der Waals surface area contributed by atoms with E-state index in [0.717, 1.165) is 0 Å². The molecule has 0 spiro atoms. The molecule has 0 saturated heterocycles. The molecule has 0 fully saturated rings. The van der Waals surface area contributed by atoms with Gasteiger partial charge in [0.15, 0.2) is 0 Å². The second-order valence-electron chi connectivity index (χ2n) is 1.22. The molecule has 0 aliphatic rings. The SMILES string of the molecule is C[Se](C)(O)O. The van der Waals surface area contributed by atoms with Crippen LogP contribution in [-0.4, -0.2) is 21.9 Å². The summed E-state index contributed by atoms with van der Waals surface area (Å²) in [5, 5.41) is 0. The molecule has 0 rings (SSSR count). The summed E-state index contributed by atoms with van der Waals surface area (Å²) in [5.74, 6) is 2.91. The fourth-order valence-corrected chi connectivity index (χ4v) is 0. The summed E-state index contributed by atoms with van der Waals surface area (Å²) in [4.78, 5) is 0. The molecule has 3 heteroatoms. The van der Waals surface area contributed by atoms with E-state index in [-0.39, 0.29) is 0 Å². The van der Waals surface area contributed by atoms with Crippen molar-refractivity contribution in [2.75, 3.05) is 0 Å². The summed E-state index contributed by atoms with van der Waals surface area (Å²) in [5.41, 5.74) is 0. The maximum atomic E-state index is 8.23. The van der Waals surface area contributed by atoms with Crippen LogP contribution in [0.4, 0.5) is 0 Å². The van der Waals surface area contributed by atoms with Crippen LogP contribution in [-0.2, 0) is 0 Å². The summed E-state index contributed by atoms with van der Waals surface area (Å²) in [6, 6.07) is 0. The van der Waals surface area contributed by atoms with E-state index in [1.807, 2.05) is 0 Å². The van der Waals surface area contributed by atoms with Crippen molar-refractivity contribution < 1.29 is 8.38 Å². The van der Waals surface area contributed by atoms with Gasteiger partial charge >= 0.3 is 33.5 Å². The van der Waals surface area contributed by atoms with Crippen LogP contribution >= 0.6 is 0 Å². The number of hydrogen-bond donors (Lipinski definition) is 2. The molecule has 0 radical (unpaired) electrons. The van der Waals surface area contributed by atoms with E-state index in [9.17, 15) is 0 Å². The predicted molar refractivity (Wildman–Crippen MR) is 21.9 cm³/mol. The Morgan fingerprint density at radius 3 is 1.20 bits per heavy atom. The van der Waals surface area contributed by atoms with Crippen molar-refractivity contribution in [3.8, 4) is 0 Å². The third-order valence-electron chi connectivity index (χ3n) is 0. The van der Waals surface area contributed by atoms with E-state index in [2.05, 4.69) is 0 Å². The van der Waals surface area contributed by atoms with Gasteiger partial charge in [0.1, 0.15) is 0 Å². The van der Waals surface area contributed by atoms with Gasteiger partial charge in [-0.25, -0.2) is 0 Å². The quantitative estimate of drug-likeness (QED) is 0.456. The zero-order valence-electron chi connectivity index (χ0n) is 3.30. The summed E-state index contributed by atoms with van der Waals surface area (Å²) >= 11 is -2.75. The van der Waals surface area contributed by atoms with Crippen LogP contribution in [0, 0.1) is 0 Å². The molecule has 0 aliphatic heterocycles. The summed E-state index contributed by atoms with van der Waals surface area (Å²) in [6.07, 6.45) is 0. The average molecular weight is 143 g/mol. The van der Waals surface area contributed by atoms with E-state index < -0.39 is 13.5 Å². The first-order valence-electron chi connectivity index (χ1n) is 1.18. The Bertz CT molecular complexity index is 23.1. The van der Waals surface area contributed by atoms with Crippen LogP contribution < -0.4 is 0 Å². The molecule has 0 bridgehead atoms. The second kappa shape index (κ2) is 1.27. The monoisotopic (exact) mass is 144 g/mol. The fraction of sp³-hybridized carbons (Fsp3) is 1.00. The molecule has 0 heterocycles. The molecular formula is C2H8O2Se. The van der Waals surface area contributed by atoms with Gasteiger partial charge in [0, 0.05) is 0 Å². The van der Waals surface area contributed by atoms with E-state index >= 15 is 0 Å². The topological polar surface area (TPSA) is 40.5 Å². The Morgan fingerprint density at radius 1 is 1.20 bits per heavy atom. The van der Waals surface area contributed by atoms with Gasteiger partial charge in [-0.15, -0.1) is 0 Å². The Morgan fingerprint density at radius 2 is 1.20 bits per heavy atom. The molecule has 0 aromatic rings. The summed E-state index contributed by atoms with van der Waals surface area (Å²) in [6.45, 7) is 0. The van der Waals surface area contributed by atoms with Crippen LogP contribution in [0.3, 0.4) is 0 Å². The zero-order chi connectivity index (χ0) is 4.50. The zero-order valence-corrected chi connectivity index (χ0v) is 5.02. The third-order valence-corrected chi connectivity index (χ3v) is 0. The van der Waals surface area contributed by atoms with Gasteiger partial charge in [0.05, 0.1) is 0 Å². The number of rotatable bonds is 0. The molecule has 5 heavy (non-hydrogen) atoms. The van der Waals surface area contributed by atoms with Crippen molar-refractivity contribution in [1.82, 2.24) is 0 Å². The average Bonchev–Trinajstić information content (AvgIpc) is 0.722. The molecule has 0 saturated carbocycles. The fourth-order valence-electron chi connectivity index (χ4n) is 0. The molecule has 0 amide bonds. The molecule has 0 aromatic carbocycles. The summed E-state index contributed by atoms with van der Waals surface area (Å²) in [7, 11) is 0. The van der Waals surface area contributed by atoms with Crippen LogP contribution in [0.2, 0.25) is 11.6 Å². The number of hydrogen-bond acceptors (Lipinski definition) is 2.